The molecule has 2 nitrogen and oxygen atoms in total. The molecule has 0 radical (unpaired) electrons. The molecule has 2 aromatic rings. The van der Waals surface area contributed by atoms with Gasteiger partial charge < -0.3 is 0 Å². The molecule has 20 heavy (non-hydrogen) atoms. The fraction of sp³-hybridized carbons (Fsp3) is 0.412. The van der Waals surface area contributed by atoms with Gasteiger partial charge in [0.25, 0.3) is 0 Å². The van der Waals surface area contributed by atoms with Crippen LogP contribution in [-0.2, 0) is 18.9 Å². The second-order valence-electron chi connectivity index (χ2n) is 6.07. The first-order valence-electron chi connectivity index (χ1n) is 7.37. The van der Waals surface area contributed by atoms with Crippen LogP contribution in [0.5, 0.6) is 0 Å². The number of fused-ring (bicyclic) bond motifs is 2. The third-order valence-corrected chi connectivity index (χ3v) is 5.43. The third-order valence-electron chi connectivity index (χ3n) is 4.90. The molecule has 2 bridgehead atoms. The summed E-state index contributed by atoms with van der Waals surface area (Å²) in [5.74, 6) is 2.51. The summed E-state index contributed by atoms with van der Waals surface area (Å²) in [5, 5.41) is 0. The number of benzene rings is 1. The van der Waals surface area contributed by atoms with Crippen molar-refractivity contribution in [3.63, 3.8) is 0 Å². The zero-order valence-corrected chi connectivity index (χ0v) is 13.6. The first kappa shape index (κ1) is 12.7. The summed E-state index contributed by atoms with van der Waals surface area (Å²) in [6, 6.07) is 12.7. The van der Waals surface area contributed by atoms with E-state index in [0.717, 1.165) is 21.9 Å². The molecule has 104 valence electrons. The average molecular weight is 442 g/mol. The van der Waals surface area contributed by atoms with Crippen molar-refractivity contribution in [3.05, 3.63) is 42.1 Å². The summed E-state index contributed by atoms with van der Waals surface area (Å²) in [5.41, 5.74) is 3.56. The van der Waals surface area contributed by atoms with Crippen LogP contribution in [-0.4, -0.2) is 9.97 Å². The van der Waals surface area contributed by atoms with Crippen LogP contribution >= 0.6 is 0 Å². The van der Waals surface area contributed by atoms with E-state index in [2.05, 4.69) is 35.3 Å². The zero-order chi connectivity index (χ0) is 13.5. The molecule has 3 atom stereocenters. The van der Waals surface area contributed by atoms with Crippen LogP contribution in [0.15, 0.2) is 36.4 Å². The quantitative estimate of drug-likeness (QED) is 0.715. The topological polar surface area (TPSA) is 25.8 Å². The summed E-state index contributed by atoms with van der Waals surface area (Å²) < 4.78 is 0.907. The minimum absolute atomic E-state index is 0.679. The fourth-order valence-corrected chi connectivity index (χ4v) is 4.58. The molecule has 0 N–H and O–H groups in total. The molecule has 1 aromatic heterocycles. The van der Waals surface area contributed by atoms with Gasteiger partial charge in [-0.3, -0.25) is 0 Å². The van der Waals surface area contributed by atoms with Crippen molar-refractivity contribution in [2.75, 3.05) is 0 Å². The summed E-state index contributed by atoms with van der Waals surface area (Å²) >= 11 is 2.02. The Morgan fingerprint density at radius 2 is 1.85 bits per heavy atom. The summed E-state index contributed by atoms with van der Waals surface area (Å²) in [6.07, 6.45) is 5.61. The van der Waals surface area contributed by atoms with Gasteiger partial charge in [0, 0.05) is 0 Å². The molecule has 1 heterocycles. The Balaban J connectivity index is 1.73. The van der Waals surface area contributed by atoms with Crippen LogP contribution in [0.2, 0.25) is 0 Å². The minimum atomic E-state index is 0.679. The van der Waals surface area contributed by atoms with Crippen LogP contribution in [0.25, 0.3) is 11.3 Å². The van der Waals surface area contributed by atoms with E-state index in [-0.39, 0.29) is 0 Å². The van der Waals surface area contributed by atoms with E-state index < -0.39 is 0 Å². The number of rotatable bonds is 2. The number of hydrogen-bond acceptors (Lipinski definition) is 2. The van der Waals surface area contributed by atoms with E-state index in [1.807, 2.05) is 25.0 Å². The second-order valence-corrected chi connectivity index (χ2v) is 7.15. The van der Waals surface area contributed by atoms with E-state index >= 15 is 0 Å². The monoisotopic (exact) mass is 442 g/mol. The first-order valence-corrected chi connectivity index (χ1v) is 8.57. The molecule has 3 heteroatoms. The maximum atomic E-state index is 4.75. The van der Waals surface area contributed by atoms with Gasteiger partial charge in [0.05, 0.1) is 0 Å². The Labute approximate surface area is 130 Å². The van der Waals surface area contributed by atoms with E-state index in [4.69, 9.17) is 4.98 Å². The van der Waals surface area contributed by atoms with Crippen molar-refractivity contribution in [1.82, 2.24) is 9.97 Å². The molecule has 1 aromatic carbocycles. The number of nitrogens with zero attached hydrogens (tertiary/aromatic N) is 2. The Kier molecular flexibility index (Phi) is 3.20. The van der Waals surface area contributed by atoms with Crippen molar-refractivity contribution < 1.29 is 18.9 Å². The van der Waals surface area contributed by atoms with Gasteiger partial charge in [0.2, 0.25) is 0 Å². The van der Waals surface area contributed by atoms with E-state index in [1.165, 1.54) is 36.9 Å². The van der Waals surface area contributed by atoms with Gasteiger partial charge in [-0.1, -0.05) is 0 Å². The molecule has 0 spiro atoms. The summed E-state index contributed by atoms with van der Waals surface area (Å²) in [4.78, 5) is 9.38. The molecule has 3 unspecified atom stereocenters. The van der Waals surface area contributed by atoms with Crippen molar-refractivity contribution >= 4 is 4.34 Å². The van der Waals surface area contributed by atoms with E-state index in [1.54, 1.807) is 0 Å². The Morgan fingerprint density at radius 3 is 2.55 bits per heavy atom. The van der Waals surface area contributed by atoms with Gasteiger partial charge in [-0.2, -0.15) is 0 Å². The summed E-state index contributed by atoms with van der Waals surface area (Å²) in [7, 11) is 0. The van der Waals surface area contributed by atoms with Gasteiger partial charge in [-0.25, -0.2) is 0 Å². The molecule has 2 aliphatic rings. The van der Waals surface area contributed by atoms with Gasteiger partial charge in [-0.15, -0.1) is 0 Å². The molecular weight excluding hydrogens is 424 g/mol. The molecule has 0 amide bonds. The van der Waals surface area contributed by atoms with E-state index in [9.17, 15) is 0 Å². The molecule has 2 fully saturated rings. The summed E-state index contributed by atoms with van der Waals surface area (Å²) in [6.45, 7) is 0. The maximum absolute atomic E-state index is 4.75. The van der Waals surface area contributed by atoms with Crippen LogP contribution in [0.3, 0.4) is 0 Å². The number of hydrogen-bond donors (Lipinski definition) is 0. The normalized spacial score (nSPS) is 28.0. The molecule has 0 aliphatic heterocycles. The second kappa shape index (κ2) is 5.05. The Bertz CT molecular complexity index is 626. The van der Waals surface area contributed by atoms with Crippen LogP contribution < -0.4 is 4.34 Å². The van der Waals surface area contributed by atoms with Gasteiger partial charge >= 0.3 is 130 Å². The standard InChI is InChI=1S/C17H17N2.Ir/c1-2-4-13(5-3-1)16-10-17(19-11-18-16)15-9-12-6-7-14(15)8-12;/h1-5,10,12,14-15H,6-9H2;. The number of aromatic nitrogens is 2. The third kappa shape index (κ3) is 2.23. The Morgan fingerprint density at radius 1 is 1.00 bits per heavy atom. The predicted octanol–water partition coefficient (Wildman–Crippen LogP) is 3.22. The molecule has 4 rings (SSSR count). The van der Waals surface area contributed by atoms with Crippen molar-refractivity contribution in [3.8, 4) is 11.3 Å². The SMILES string of the molecule is [Ir][c]1nc(-c2ccccc2)cc(C2CC3CCC2C3)n1. The van der Waals surface area contributed by atoms with Gasteiger partial charge in [-0.05, 0) is 0 Å². The zero-order valence-electron chi connectivity index (χ0n) is 11.3. The molecule has 0 saturated heterocycles. The average Bonchev–Trinajstić information content (AvgIpc) is 3.10. The van der Waals surface area contributed by atoms with Gasteiger partial charge in [0.15, 0.2) is 0 Å². The van der Waals surface area contributed by atoms with E-state index in [0.29, 0.717) is 5.92 Å². The first-order chi connectivity index (χ1) is 9.79. The molecular formula is C17H17IrN2. The molecule has 2 aliphatic carbocycles. The van der Waals surface area contributed by atoms with Gasteiger partial charge in [0.1, 0.15) is 0 Å². The van der Waals surface area contributed by atoms with Crippen molar-refractivity contribution in [2.24, 2.45) is 11.8 Å². The van der Waals surface area contributed by atoms with Crippen LogP contribution in [0, 0.1) is 11.8 Å². The van der Waals surface area contributed by atoms with Crippen LogP contribution in [0.4, 0.5) is 0 Å². The predicted molar refractivity (Wildman–Crippen MR) is 75.3 cm³/mol. The Hall–Kier alpha value is -1.05. The van der Waals surface area contributed by atoms with Crippen LogP contribution in [0.1, 0.15) is 37.3 Å². The van der Waals surface area contributed by atoms with Crippen molar-refractivity contribution in [2.45, 2.75) is 31.6 Å². The van der Waals surface area contributed by atoms with Crippen molar-refractivity contribution in [1.29, 1.82) is 0 Å². The fourth-order valence-electron chi connectivity index (χ4n) is 3.98. The molecule has 2 saturated carbocycles.